The van der Waals surface area contributed by atoms with Gasteiger partial charge in [-0.1, -0.05) is 11.6 Å². The molecular formula is C19H17ClN4O2. The number of likely N-dealkylation sites (N-methyl/N-ethyl adjacent to an activating group) is 1. The molecule has 0 bridgehead atoms. The van der Waals surface area contributed by atoms with E-state index in [0.717, 1.165) is 12.1 Å². The summed E-state index contributed by atoms with van der Waals surface area (Å²) in [6.07, 6.45) is 3.83. The molecule has 1 aromatic heterocycles. The van der Waals surface area contributed by atoms with E-state index < -0.39 is 0 Å². The largest absolute Gasteiger partial charge is 0.355 e. The molecule has 0 N–H and O–H groups in total. The quantitative estimate of drug-likeness (QED) is 0.780. The molecule has 0 saturated carbocycles. The monoisotopic (exact) mass is 368 g/mol. The van der Waals surface area contributed by atoms with E-state index in [-0.39, 0.29) is 11.7 Å². The Morgan fingerprint density at radius 3 is 2.81 bits per heavy atom. The Kier molecular flexibility index (Phi) is 4.20. The number of nitrogens with zero attached hydrogens (tertiary/aromatic N) is 4. The fourth-order valence-corrected chi connectivity index (χ4v) is 3.50. The van der Waals surface area contributed by atoms with Gasteiger partial charge in [0.15, 0.2) is 5.84 Å². The maximum Gasteiger partial charge on any atom is 0.258 e. The third kappa shape index (κ3) is 2.86. The van der Waals surface area contributed by atoms with Gasteiger partial charge in [0, 0.05) is 42.5 Å². The second kappa shape index (κ2) is 6.53. The van der Waals surface area contributed by atoms with Crippen LogP contribution in [0.5, 0.6) is 0 Å². The summed E-state index contributed by atoms with van der Waals surface area (Å²) < 4.78 is 0. The number of pyridine rings is 1. The fraction of sp³-hybridized carbons (Fsp3) is 0.263. The van der Waals surface area contributed by atoms with Gasteiger partial charge in [0.05, 0.1) is 18.4 Å². The van der Waals surface area contributed by atoms with Crippen LogP contribution in [0, 0.1) is 0 Å². The van der Waals surface area contributed by atoms with E-state index in [2.05, 4.69) is 9.98 Å². The summed E-state index contributed by atoms with van der Waals surface area (Å²) in [7, 11) is 1.84. The molecule has 0 spiro atoms. The summed E-state index contributed by atoms with van der Waals surface area (Å²) in [5.41, 5.74) is 2.63. The summed E-state index contributed by atoms with van der Waals surface area (Å²) in [5.74, 6) is 0.162. The molecule has 0 radical (unpaired) electrons. The van der Waals surface area contributed by atoms with Gasteiger partial charge in [-0.25, -0.2) is 0 Å². The number of amidine groups is 1. The molecule has 0 aliphatic carbocycles. The number of fused-ring (bicyclic) bond motifs is 1. The van der Waals surface area contributed by atoms with Gasteiger partial charge in [-0.15, -0.1) is 0 Å². The maximum atomic E-state index is 12.9. The van der Waals surface area contributed by atoms with Crippen LogP contribution in [0.1, 0.15) is 26.3 Å². The van der Waals surface area contributed by atoms with Gasteiger partial charge in [-0.2, -0.15) is 0 Å². The first kappa shape index (κ1) is 16.7. The number of hydrogen-bond donors (Lipinski definition) is 0. The summed E-state index contributed by atoms with van der Waals surface area (Å²) in [6.45, 7) is 1.87. The molecule has 2 aromatic rings. The third-order valence-corrected chi connectivity index (χ3v) is 4.94. The van der Waals surface area contributed by atoms with E-state index in [1.54, 1.807) is 29.3 Å². The molecular weight excluding hydrogens is 352 g/mol. The zero-order chi connectivity index (χ0) is 18.3. The first-order valence-electron chi connectivity index (χ1n) is 8.40. The standard InChI is InChI=1S/C19H17ClN4O2/c1-23-7-5-22-18(23)17(25)13-9-15(11-21-10-13)24-6-4-12-8-14(20)2-3-16(12)19(24)26/h2-3,8-11H,4-7H2,1H3. The molecule has 132 valence electrons. The first-order valence-corrected chi connectivity index (χ1v) is 8.78. The van der Waals surface area contributed by atoms with Gasteiger partial charge in [-0.05, 0) is 36.2 Å². The first-order chi connectivity index (χ1) is 12.5. The summed E-state index contributed by atoms with van der Waals surface area (Å²) in [4.78, 5) is 37.5. The van der Waals surface area contributed by atoms with E-state index in [9.17, 15) is 9.59 Å². The minimum absolute atomic E-state index is 0.107. The molecule has 2 aliphatic heterocycles. The SMILES string of the molecule is CN1CCN=C1C(=O)c1cncc(N2CCc3cc(Cl)ccc3C2=O)c1. The summed E-state index contributed by atoms with van der Waals surface area (Å²) in [5, 5.41) is 0.626. The molecule has 7 heteroatoms. The Morgan fingerprint density at radius 2 is 2.04 bits per heavy atom. The number of halogens is 1. The number of carbonyl (C=O) groups excluding carboxylic acids is 2. The third-order valence-electron chi connectivity index (χ3n) is 4.71. The van der Waals surface area contributed by atoms with Crippen molar-refractivity contribution in [1.29, 1.82) is 0 Å². The fourth-order valence-electron chi connectivity index (χ4n) is 3.31. The highest BCUT2D eigenvalue weighted by Gasteiger charge is 2.27. The highest BCUT2D eigenvalue weighted by Crippen LogP contribution is 2.27. The van der Waals surface area contributed by atoms with Gasteiger partial charge in [0.25, 0.3) is 5.91 Å². The van der Waals surface area contributed by atoms with E-state index in [1.807, 2.05) is 18.0 Å². The predicted molar refractivity (Wildman–Crippen MR) is 100 cm³/mol. The lowest BCUT2D eigenvalue weighted by Crippen LogP contribution is -2.38. The Balaban J connectivity index is 1.64. The van der Waals surface area contributed by atoms with Crippen LogP contribution in [0.3, 0.4) is 0 Å². The zero-order valence-corrected chi connectivity index (χ0v) is 15.0. The lowest BCUT2D eigenvalue weighted by Gasteiger charge is -2.28. The normalized spacial score (nSPS) is 16.5. The number of anilines is 1. The topological polar surface area (TPSA) is 65.9 Å². The average Bonchev–Trinajstić information content (AvgIpc) is 3.07. The minimum Gasteiger partial charge on any atom is -0.355 e. The molecule has 0 unspecified atom stereocenters. The predicted octanol–water partition coefficient (Wildman–Crippen LogP) is 2.46. The highest BCUT2D eigenvalue weighted by atomic mass is 35.5. The molecule has 0 saturated heterocycles. The Morgan fingerprint density at radius 1 is 1.19 bits per heavy atom. The van der Waals surface area contributed by atoms with E-state index in [1.165, 1.54) is 6.20 Å². The van der Waals surface area contributed by atoms with Gasteiger partial charge < -0.3 is 9.80 Å². The number of amides is 1. The van der Waals surface area contributed by atoms with Crippen molar-refractivity contribution in [2.75, 3.05) is 31.6 Å². The lowest BCUT2D eigenvalue weighted by atomic mass is 9.98. The maximum absolute atomic E-state index is 12.9. The van der Waals surface area contributed by atoms with Crippen LogP contribution in [-0.2, 0) is 6.42 Å². The Bertz CT molecular complexity index is 941. The van der Waals surface area contributed by atoms with Crippen LogP contribution >= 0.6 is 11.6 Å². The smallest absolute Gasteiger partial charge is 0.258 e. The van der Waals surface area contributed by atoms with E-state index in [0.29, 0.717) is 47.2 Å². The Hall–Kier alpha value is -2.73. The molecule has 0 fully saturated rings. The van der Waals surface area contributed by atoms with Crippen LogP contribution in [0.4, 0.5) is 5.69 Å². The number of ketones is 1. The lowest BCUT2D eigenvalue weighted by molar-refractivity contribution is 0.0979. The Labute approximate surface area is 156 Å². The van der Waals surface area contributed by atoms with Crippen molar-refractivity contribution in [2.24, 2.45) is 4.99 Å². The molecule has 0 atom stereocenters. The van der Waals surface area contributed by atoms with Crippen LogP contribution in [0.25, 0.3) is 0 Å². The van der Waals surface area contributed by atoms with Gasteiger partial charge in [0.2, 0.25) is 5.78 Å². The van der Waals surface area contributed by atoms with Crippen LogP contribution in [0.15, 0.2) is 41.7 Å². The number of benzene rings is 1. The zero-order valence-electron chi connectivity index (χ0n) is 14.3. The molecule has 2 aliphatic rings. The van der Waals surface area contributed by atoms with Gasteiger partial charge >= 0.3 is 0 Å². The molecule has 1 aromatic carbocycles. The van der Waals surface area contributed by atoms with Crippen LogP contribution in [-0.4, -0.2) is 54.1 Å². The molecule has 6 nitrogen and oxygen atoms in total. The van der Waals surface area contributed by atoms with Crippen molar-refractivity contribution in [3.8, 4) is 0 Å². The van der Waals surface area contributed by atoms with Crippen molar-refractivity contribution >= 4 is 34.8 Å². The van der Waals surface area contributed by atoms with Crippen LogP contribution < -0.4 is 4.90 Å². The molecule has 4 rings (SSSR count). The number of aromatic nitrogens is 1. The minimum atomic E-state index is -0.170. The molecule has 3 heterocycles. The van der Waals surface area contributed by atoms with Gasteiger partial charge in [0.1, 0.15) is 0 Å². The highest BCUT2D eigenvalue weighted by molar-refractivity contribution is 6.45. The van der Waals surface area contributed by atoms with Crippen LogP contribution in [0.2, 0.25) is 5.02 Å². The summed E-state index contributed by atoms with van der Waals surface area (Å²) >= 11 is 6.02. The number of hydrogen-bond acceptors (Lipinski definition) is 5. The van der Waals surface area contributed by atoms with Crippen molar-refractivity contribution in [3.63, 3.8) is 0 Å². The van der Waals surface area contributed by atoms with Crippen molar-refractivity contribution in [2.45, 2.75) is 6.42 Å². The molecule has 26 heavy (non-hydrogen) atoms. The van der Waals surface area contributed by atoms with E-state index >= 15 is 0 Å². The average molecular weight is 369 g/mol. The van der Waals surface area contributed by atoms with Crippen molar-refractivity contribution in [1.82, 2.24) is 9.88 Å². The number of carbonyl (C=O) groups is 2. The van der Waals surface area contributed by atoms with Gasteiger partial charge in [-0.3, -0.25) is 19.6 Å². The van der Waals surface area contributed by atoms with Crippen molar-refractivity contribution < 1.29 is 9.59 Å². The van der Waals surface area contributed by atoms with E-state index in [4.69, 9.17) is 11.6 Å². The van der Waals surface area contributed by atoms with Crippen molar-refractivity contribution in [3.05, 3.63) is 58.4 Å². The number of Topliss-reactive ketones (excluding diaryl/α,β-unsaturated/α-hetero) is 1. The summed E-state index contributed by atoms with van der Waals surface area (Å²) in [6, 6.07) is 7.01. The second-order valence-electron chi connectivity index (χ2n) is 6.40. The number of aliphatic imine (C=N–C) groups is 1. The number of rotatable bonds is 3. The second-order valence-corrected chi connectivity index (χ2v) is 6.83. The molecule has 1 amide bonds.